The molecule has 0 saturated carbocycles. The van der Waals surface area contributed by atoms with Crippen molar-refractivity contribution >= 4 is 5.82 Å². The Bertz CT molecular complexity index is 606. The molecule has 0 aliphatic rings. The first kappa shape index (κ1) is 15.3. The van der Waals surface area contributed by atoms with Crippen molar-refractivity contribution < 1.29 is 13.2 Å². The minimum atomic E-state index is -4.59. The summed E-state index contributed by atoms with van der Waals surface area (Å²) in [5, 5.41) is 2.86. The molecule has 0 atom stereocenters. The molecule has 2 aromatic heterocycles. The lowest BCUT2D eigenvalue weighted by Gasteiger charge is -2.11. The van der Waals surface area contributed by atoms with Gasteiger partial charge < -0.3 is 9.88 Å². The van der Waals surface area contributed by atoms with Gasteiger partial charge >= 0.3 is 6.18 Å². The summed E-state index contributed by atoms with van der Waals surface area (Å²) >= 11 is 0. The molecule has 0 radical (unpaired) electrons. The van der Waals surface area contributed by atoms with E-state index in [2.05, 4.69) is 20.3 Å². The van der Waals surface area contributed by atoms with Gasteiger partial charge in [0, 0.05) is 31.5 Å². The third kappa shape index (κ3) is 3.50. The van der Waals surface area contributed by atoms with Crippen LogP contribution in [0.5, 0.6) is 0 Å². The zero-order valence-corrected chi connectivity index (χ0v) is 11.8. The maximum absolute atomic E-state index is 12.9. The summed E-state index contributed by atoms with van der Waals surface area (Å²) in [6, 6.07) is 1.49. The Morgan fingerprint density at radius 3 is 2.62 bits per heavy atom. The van der Waals surface area contributed by atoms with Crippen molar-refractivity contribution in [3.05, 3.63) is 24.3 Å². The number of aromatic nitrogens is 4. The Morgan fingerprint density at radius 1 is 1.24 bits per heavy atom. The van der Waals surface area contributed by atoms with Crippen LogP contribution in [-0.2, 0) is 12.7 Å². The number of rotatable bonds is 5. The number of nitrogens with zero attached hydrogens (tertiary/aromatic N) is 4. The number of halogens is 3. The predicted molar refractivity (Wildman–Crippen MR) is 72.7 cm³/mol. The monoisotopic (exact) mass is 299 g/mol. The van der Waals surface area contributed by atoms with Crippen molar-refractivity contribution in [2.45, 2.75) is 33.0 Å². The Balaban J connectivity index is 2.49. The Labute approximate surface area is 120 Å². The molecule has 2 heterocycles. The van der Waals surface area contributed by atoms with Gasteiger partial charge in [-0.2, -0.15) is 13.2 Å². The summed E-state index contributed by atoms with van der Waals surface area (Å²) < 4.78 is 40.5. The summed E-state index contributed by atoms with van der Waals surface area (Å²) in [7, 11) is 0. The van der Waals surface area contributed by atoms with Gasteiger partial charge in [0.2, 0.25) is 5.82 Å². The first-order valence-corrected chi connectivity index (χ1v) is 6.67. The molecular formula is C13H16F3N5. The summed E-state index contributed by atoms with van der Waals surface area (Å²) in [6.45, 7) is 4.94. The summed E-state index contributed by atoms with van der Waals surface area (Å²) in [4.78, 5) is 11.2. The zero-order chi connectivity index (χ0) is 15.5. The molecular weight excluding hydrogens is 283 g/mol. The predicted octanol–water partition coefficient (Wildman–Crippen LogP) is 3.20. The van der Waals surface area contributed by atoms with Crippen LogP contribution in [0.4, 0.5) is 19.0 Å². The second kappa shape index (κ2) is 6.11. The van der Waals surface area contributed by atoms with Crippen molar-refractivity contribution in [1.29, 1.82) is 0 Å². The van der Waals surface area contributed by atoms with Gasteiger partial charge in [-0.3, -0.25) is 0 Å². The minimum Gasteiger partial charge on any atom is -0.370 e. The minimum absolute atomic E-state index is 0.153. The van der Waals surface area contributed by atoms with E-state index >= 15 is 0 Å². The van der Waals surface area contributed by atoms with Crippen LogP contribution in [0.3, 0.4) is 0 Å². The molecule has 2 aromatic rings. The van der Waals surface area contributed by atoms with Gasteiger partial charge in [-0.15, -0.1) is 0 Å². The molecule has 0 aliphatic heterocycles. The van der Waals surface area contributed by atoms with Crippen LogP contribution < -0.4 is 5.32 Å². The molecule has 0 amide bonds. The summed E-state index contributed by atoms with van der Waals surface area (Å²) in [6.07, 6.45) is -0.580. The molecule has 0 aromatic carbocycles. The van der Waals surface area contributed by atoms with E-state index in [1.165, 1.54) is 12.3 Å². The number of hydrogen-bond acceptors (Lipinski definition) is 4. The van der Waals surface area contributed by atoms with Crippen LogP contribution >= 0.6 is 0 Å². The third-order valence-electron chi connectivity index (χ3n) is 2.82. The van der Waals surface area contributed by atoms with Crippen LogP contribution in [0.1, 0.15) is 26.1 Å². The fourth-order valence-corrected chi connectivity index (χ4v) is 1.83. The molecule has 0 fully saturated rings. The van der Waals surface area contributed by atoms with Crippen molar-refractivity contribution in [2.24, 2.45) is 0 Å². The highest BCUT2D eigenvalue weighted by Gasteiger charge is 2.35. The number of nitrogens with one attached hydrogen (secondary N) is 1. The average Bonchev–Trinajstić information content (AvgIpc) is 2.92. The second-order valence-corrected chi connectivity index (χ2v) is 4.42. The number of aryl methyl sites for hydroxylation is 1. The van der Waals surface area contributed by atoms with E-state index in [9.17, 15) is 13.2 Å². The maximum atomic E-state index is 12.9. The van der Waals surface area contributed by atoms with Gasteiger partial charge in [0.1, 0.15) is 11.5 Å². The molecule has 8 heteroatoms. The second-order valence-electron chi connectivity index (χ2n) is 4.42. The normalized spacial score (nSPS) is 11.7. The van der Waals surface area contributed by atoms with Gasteiger partial charge in [-0.25, -0.2) is 15.0 Å². The SMILES string of the molecule is CCCNc1cc(-c2nccn2CC)nc(C(F)(F)F)n1. The average molecular weight is 299 g/mol. The lowest BCUT2D eigenvalue weighted by molar-refractivity contribution is -0.144. The quantitative estimate of drug-likeness (QED) is 0.921. The molecule has 0 saturated heterocycles. The molecule has 0 unspecified atom stereocenters. The first-order valence-electron chi connectivity index (χ1n) is 6.67. The molecule has 114 valence electrons. The number of imidazole rings is 1. The lowest BCUT2D eigenvalue weighted by Crippen LogP contribution is -2.15. The molecule has 0 spiro atoms. The largest absolute Gasteiger partial charge is 0.451 e. The highest BCUT2D eigenvalue weighted by Crippen LogP contribution is 2.29. The highest BCUT2D eigenvalue weighted by molar-refractivity contribution is 5.56. The van der Waals surface area contributed by atoms with Crippen molar-refractivity contribution in [1.82, 2.24) is 19.5 Å². The van der Waals surface area contributed by atoms with Gasteiger partial charge in [0.25, 0.3) is 0 Å². The highest BCUT2D eigenvalue weighted by atomic mass is 19.4. The van der Waals surface area contributed by atoms with Crippen LogP contribution in [0.25, 0.3) is 11.5 Å². The Kier molecular flexibility index (Phi) is 4.44. The van der Waals surface area contributed by atoms with Gasteiger partial charge in [0.05, 0.1) is 0 Å². The molecule has 0 bridgehead atoms. The van der Waals surface area contributed by atoms with Gasteiger partial charge in [0.15, 0.2) is 5.82 Å². The maximum Gasteiger partial charge on any atom is 0.451 e. The summed E-state index contributed by atoms with van der Waals surface area (Å²) in [5.41, 5.74) is 0.155. The Hall–Kier alpha value is -2.12. The number of hydrogen-bond donors (Lipinski definition) is 1. The number of anilines is 1. The molecule has 0 aliphatic carbocycles. The van der Waals surface area contributed by atoms with Gasteiger partial charge in [-0.05, 0) is 13.3 Å². The topological polar surface area (TPSA) is 55.6 Å². The first-order chi connectivity index (χ1) is 9.95. The van der Waals surface area contributed by atoms with E-state index in [4.69, 9.17) is 0 Å². The molecule has 1 N–H and O–H groups in total. The van der Waals surface area contributed by atoms with E-state index in [-0.39, 0.29) is 11.5 Å². The van der Waals surface area contributed by atoms with E-state index in [1.54, 1.807) is 10.8 Å². The van der Waals surface area contributed by atoms with Crippen LogP contribution in [0.15, 0.2) is 18.5 Å². The van der Waals surface area contributed by atoms with Gasteiger partial charge in [-0.1, -0.05) is 6.92 Å². The molecule has 2 rings (SSSR count). The van der Waals surface area contributed by atoms with Crippen molar-refractivity contribution in [3.8, 4) is 11.5 Å². The lowest BCUT2D eigenvalue weighted by atomic mass is 10.3. The zero-order valence-electron chi connectivity index (χ0n) is 11.8. The van der Waals surface area contributed by atoms with E-state index in [0.29, 0.717) is 18.9 Å². The van der Waals surface area contributed by atoms with E-state index in [1.807, 2.05) is 13.8 Å². The van der Waals surface area contributed by atoms with Crippen LogP contribution in [0, 0.1) is 0 Å². The number of alkyl halides is 3. The Morgan fingerprint density at radius 2 is 2.00 bits per heavy atom. The molecule has 21 heavy (non-hydrogen) atoms. The standard InChI is InChI=1S/C13H16F3N5/c1-3-5-17-10-8-9(11-18-6-7-21(11)4-2)19-12(20-10)13(14,15)16/h6-8H,3-5H2,1-2H3,(H,17,19,20). The summed E-state index contributed by atoms with van der Waals surface area (Å²) in [5.74, 6) is -0.617. The molecule has 5 nitrogen and oxygen atoms in total. The fraction of sp³-hybridized carbons (Fsp3) is 0.462. The van der Waals surface area contributed by atoms with Crippen molar-refractivity contribution in [3.63, 3.8) is 0 Å². The third-order valence-corrected chi connectivity index (χ3v) is 2.82. The van der Waals surface area contributed by atoms with E-state index < -0.39 is 12.0 Å². The van der Waals surface area contributed by atoms with Crippen LogP contribution in [0.2, 0.25) is 0 Å². The fourth-order valence-electron chi connectivity index (χ4n) is 1.83. The van der Waals surface area contributed by atoms with Crippen LogP contribution in [-0.4, -0.2) is 26.1 Å². The van der Waals surface area contributed by atoms with E-state index in [0.717, 1.165) is 6.42 Å². The van der Waals surface area contributed by atoms with Crippen molar-refractivity contribution in [2.75, 3.05) is 11.9 Å². The smallest absolute Gasteiger partial charge is 0.370 e.